The fourth-order valence-corrected chi connectivity index (χ4v) is 3.78. The van der Waals surface area contributed by atoms with E-state index < -0.39 is 0 Å². The quantitative estimate of drug-likeness (QED) is 0.615. The monoisotopic (exact) mass is 422 g/mol. The highest BCUT2D eigenvalue weighted by Gasteiger charge is 2.32. The van der Waals surface area contributed by atoms with E-state index in [1.165, 1.54) is 5.56 Å². The number of amides is 4. The normalized spacial score (nSPS) is 17.8. The van der Waals surface area contributed by atoms with Crippen LogP contribution in [0.1, 0.15) is 36.8 Å². The van der Waals surface area contributed by atoms with Crippen molar-refractivity contribution in [3.63, 3.8) is 0 Å². The van der Waals surface area contributed by atoms with Crippen LogP contribution in [0, 0.1) is 6.92 Å². The second kappa shape index (κ2) is 9.83. The highest BCUT2D eigenvalue weighted by atomic mass is 16.5. The molecule has 4 amide bonds. The van der Waals surface area contributed by atoms with Crippen LogP contribution in [0.2, 0.25) is 0 Å². The number of carbonyl (C=O) groups is 2. The molecule has 7 heteroatoms. The van der Waals surface area contributed by atoms with E-state index in [1.54, 1.807) is 24.3 Å². The number of aryl methyl sites for hydroxylation is 1. The zero-order valence-electron chi connectivity index (χ0n) is 17.9. The van der Waals surface area contributed by atoms with E-state index in [4.69, 9.17) is 4.74 Å². The maximum absolute atomic E-state index is 12.9. The molecule has 4 rings (SSSR count). The molecule has 0 bridgehead atoms. The standard InChI is InChI=1S/C24H30N4O3/c1-17-4-2-5-18(14-17)16-28(21-11-12-21)24(30)27-20-9-7-19(8-10-20)26-23(29)25-15-22-6-3-13-31-22/h2,4-5,7-10,14,21-22H,3,6,11-13,15-16H2,1H3,(H,27,30)(H2,25,26,29). The smallest absolute Gasteiger partial charge is 0.322 e. The molecule has 1 unspecified atom stereocenters. The summed E-state index contributed by atoms with van der Waals surface area (Å²) in [7, 11) is 0. The number of benzene rings is 2. The molecule has 3 N–H and O–H groups in total. The predicted octanol–water partition coefficient (Wildman–Crippen LogP) is 4.49. The molecule has 7 nitrogen and oxygen atoms in total. The molecular weight excluding hydrogens is 392 g/mol. The van der Waals surface area contributed by atoms with E-state index in [-0.39, 0.29) is 18.2 Å². The molecule has 2 aromatic carbocycles. The molecule has 1 saturated heterocycles. The maximum atomic E-state index is 12.9. The van der Waals surface area contributed by atoms with Crippen molar-refractivity contribution in [1.29, 1.82) is 0 Å². The Kier molecular flexibility index (Phi) is 6.72. The van der Waals surface area contributed by atoms with Gasteiger partial charge in [-0.15, -0.1) is 0 Å². The summed E-state index contributed by atoms with van der Waals surface area (Å²) >= 11 is 0. The first kappa shape index (κ1) is 21.2. The van der Waals surface area contributed by atoms with Gasteiger partial charge in [0.25, 0.3) is 0 Å². The Morgan fingerprint density at radius 2 is 1.77 bits per heavy atom. The number of ether oxygens (including phenoxy) is 1. The van der Waals surface area contributed by atoms with Crippen molar-refractivity contribution in [3.8, 4) is 0 Å². The Bertz CT molecular complexity index is 905. The molecule has 2 aliphatic rings. The van der Waals surface area contributed by atoms with Crippen LogP contribution in [0.4, 0.5) is 21.0 Å². The van der Waals surface area contributed by atoms with Gasteiger partial charge in [-0.1, -0.05) is 29.8 Å². The first-order valence-electron chi connectivity index (χ1n) is 11.0. The maximum Gasteiger partial charge on any atom is 0.322 e. The number of rotatable bonds is 7. The number of hydrogen-bond donors (Lipinski definition) is 3. The van der Waals surface area contributed by atoms with Crippen LogP contribution in [0.3, 0.4) is 0 Å². The molecule has 31 heavy (non-hydrogen) atoms. The summed E-state index contributed by atoms with van der Waals surface area (Å²) < 4.78 is 5.50. The van der Waals surface area contributed by atoms with Crippen molar-refractivity contribution in [2.45, 2.75) is 51.3 Å². The second-order valence-electron chi connectivity index (χ2n) is 8.33. The van der Waals surface area contributed by atoms with Crippen molar-refractivity contribution in [2.75, 3.05) is 23.8 Å². The zero-order chi connectivity index (χ0) is 21.6. The molecule has 2 fully saturated rings. The van der Waals surface area contributed by atoms with Crippen molar-refractivity contribution < 1.29 is 14.3 Å². The predicted molar refractivity (Wildman–Crippen MR) is 121 cm³/mol. The van der Waals surface area contributed by atoms with Crippen molar-refractivity contribution in [1.82, 2.24) is 10.2 Å². The first-order chi connectivity index (χ1) is 15.1. The third kappa shape index (κ3) is 6.21. The van der Waals surface area contributed by atoms with E-state index in [9.17, 15) is 9.59 Å². The lowest BCUT2D eigenvalue weighted by Crippen LogP contribution is -2.36. The Morgan fingerprint density at radius 3 is 2.42 bits per heavy atom. The Hall–Kier alpha value is -3.06. The number of anilines is 2. The van der Waals surface area contributed by atoms with E-state index >= 15 is 0 Å². The molecule has 1 aliphatic carbocycles. The minimum absolute atomic E-state index is 0.0981. The van der Waals surface area contributed by atoms with Crippen LogP contribution in [-0.2, 0) is 11.3 Å². The zero-order valence-corrected chi connectivity index (χ0v) is 17.9. The average Bonchev–Trinajstić information content (AvgIpc) is 3.46. The van der Waals surface area contributed by atoms with E-state index in [0.717, 1.165) is 37.9 Å². The Labute approximate surface area is 183 Å². The van der Waals surface area contributed by atoms with Gasteiger partial charge in [-0.25, -0.2) is 9.59 Å². The van der Waals surface area contributed by atoms with E-state index in [2.05, 4.69) is 41.1 Å². The number of nitrogens with one attached hydrogen (secondary N) is 3. The minimum Gasteiger partial charge on any atom is -0.376 e. The van der Waals surface area contributed by atoms with E-state index in [1.807, 2.05) is 11.0 Å². The lowest BCUT2D eigenvalue weighted by molar-refractivity contribution is 0.112. The van der Waals surface area contributed by atoms with Gasteiger partial charge in [0.15, 0.2) is 0 Å². The average molecular weight is 423 g/mol. The van der Waals surface area contributed by atoms with Crippen LogP contribution >= 0.6 is 0 Å². The lowest BCUT2D eigenvalue weighted by atomic mass is 10.1. The third-order valence-corrected chi connectivity index (χ3v) is 5.59. The molecule has 0 spiro atoms. The Balaban J connectivity index is 1.28. The number of urea groups is 2. The third-order valence-electron chi connectivity index (χ3n) is 5.59. The minimum atomic E-state index is -0.259. The Morgan fingerprint density at radius 1 is 1.03 bits per heavy atom. The molecule has 0 radical (unpaired) electrons. The van der Waals surface area contributed by atoms with Crippen LogP contribution in [0.15, 0.2) is 48.5 Å². The van der Waals surface area contributed by atoms with Crippen LogP contribution in [0.5, 0.6) is 0 Å². The summed E-state index contributed by atoms with van der Waals surface area (Å²) in [4.78, 5) is 26.8. The van der Waals surface area contributed by atoms with Gasteiger partial charge in [-0.3, -0.25) is 0 Å². The first-order valence-corrected chi connectivity index (χ1v) is 11.0. The summed E-state index contributed by atoms with van der Waals surface area (Å²) in [6.07, 6.45) is 4.23. The summed E-state index contributed by atoms with van der Waals surface area (Å²) in [5, 5.41) is 8.62. The molecule has 1 atom stereocenters. The van der Waals surface area contributed by atoms with Crippen LogP contribution in [-0.4, -0.2) is 42.3 Å². The van der Waals surface area contributed by atoms with Gasteiger partial charge in [0.05, 0.1) is 6.10 Å². The number of hydrogen-bond acceptors (Lipinski definition) is 3. The van der Waals surface area contributed by atoms with Gasteiger partial charge in [0.2, 0.25) is 0 Å². The fourth-order valence-electron chi connectivity index (χ4n) is 3.78. The molecule has 2 aromatic rings. The second-order valence-corrected chi connectivity index (χ2v) is 8.33. The summed E-state index contributed by atoms with van der Waals surface area (Å²) in [5.74, 6) is 0. The lowest BCUT2D eigenvalue weighted by Gasteiger charge is -2.23. The molecule has 1 saturated carbocycles. The summed E-state index contributed by atoms with van der Waals surface area (Å²) in [6.45, 7) is 3.94. The van der Waals surface area contributed by atoms with Gasteiger partial charge in [-0.2, -0.15) is 0 Å². The highest BCUT2D eigenvalue weighted by molar-refractivity contribution is 5.91. The van der Waals surface area contributed by atoms with Crippen molar-refractivity contribution in [2.24, 2.45) is 0 Å². The van der Waals surface area contributed by atoms with Crippen LogP contribution < -0.4 is 16.0 Å². The van der Waals surface area contributed by atoms with E-state index in [0.29, 0.717) is 30.5 Å². The van der Waals surface area contributed by atoms with Gasteiger partial charge >= 0.3 is 12.1 Å². The van der Waals surface area contributed by atoms with Crippen molar-refractivity contribution >= 4 is 23.4 Å². The van der Waals surface area contributed by atoms with Crippen LogP contribution in [0.25, 0.3) is 0 Å². The molecule has 164 valence electrons. The molecule has 1 aliphatic heterocycles. The van der Waals surface area contributed by atoms with Crippen molar-refractivity contribution in [3.05, 3.63) is 59.7 Å². The summed E-state index contributed by atoms with van der Waals surface area (Å²) in [6, 6.07) is 15.4. The fraction of sp³-hybridized carbons (Fsp3) is 0.417. The van der Waals surface area contributed by atoms with Gasteiger partial charge in [-0.05, 0) is 62.4 Å². The number of nitrogens with zero attached hydrogens (tertiary/aromatic N) is 1. The summed E-state index contributed by atoms with van der Waals surface area (Å²) in [5.41, 5.74) is 3.69. The van der Waals surface area contributed by atoms with Gasteiger partial charge in [0, 0.05) is 37.1 Å². The molecule has 1 heterocycles. The highest BCUT2D eigenvalue weighted by Crippen LogP contribution is 2.29. The van der Waals surface area contributed by atoms with Gasteiger partial charge < -0.3 is 25.6 Å². The van der Waals surface area contributed by atoms with Gasteiger partial charge in [0.1, 0.15) is 0 Å². The molecule has 0 aromatic heterocycles. The number of carbonyl (C=O) groups excluding carboxylic acids is 2. The SMILES string of the molecule is Cc1cccc(CN(C(=O)Nc2ccc(NC(=O)NCC3CCCO3)cc2)C2CC2)c1. The molecular formula is C24H30N4O3. The largest absolute Gasteiger partial charge is 0.376 e. The topological polar surface area (TPSA) is 82.7 Å².